The summed E-state index contributed by atoms with van der Waals surface area (Å²) in [4.78, 5) is 65.8. The summed E-state index contributed by atoms with van der Waals surface area (Å²) in [6, 6.07) is 4.55. The maximum absolute atomic E-state index is 14.2. The summed E-state index contributed by atoms with van der Waals surface area (Å²) in [5.41, 5.74) is -6.64. The van der Waals surface area contributed by atoms with E-state index < -0.39 is 102 Å². The van der Waals surface area contributed by atoms with Crippen LogP contribution in [-0.2, 0) is 47.5 Å². The number of aliphatic hydroxyl groups excluding tert-OH is 1. The maximum Gasteiger partial charge on any atom is 0.194 e. The molecule has 0 amide bonds. The van der Waals surface area contributed by atoms with E-state index in [0.717, 1.165) is 6.08 Å². The lowest BCUT2D eigenvalue weighted by molar-refractivity contribution is -0.292. The van der Waals surface area contributed by atoms with E-state index in [1.54, 1.807) is 39.8 Å². The average molecular weight is 805 g/mol. The number of benzene rings is 1. The van der Waals surface area contributed by atoms with Crippen LogP contribution < -0.4 is 0 Å². The van der Waals surface area contributed by atoms with Crippen molar-refractivity contribution in [3.8, 4) is 0 Å². The fourth-order valence-corrected chi connectivity index (χ4v) is 9.19. The highest BCUT2D eigenvalue weighted by atomic mass is 16.7. The molecule has 0 bridgehead atoms. The Morgan fingerprint density at radius 1 is 0.776 bits per heavy atom. The van der Waals surface area contributed by atoms with E-state index in [9.17, 15) is 39.3 Å². The van der Waals surface area contributed by atoms with E-state index in [-0.39, 0.29) is 53.3 Å². The van der Waals surface area contributed by atoms with Gasteiger partial charge in [0.25, 0.3) is 0 Å². The largest absolute Gasteiger partial charge is 0.390 e. The van der Waals surface area contributed by atoms with E-state index in [4.69, 9.17) is 33.2 Å². The minimum absolute atomic E-state index is 0.0296. The number of hydrogen-bond acceptors (Lipinski definition) is 15. The molecule has 1 aromatic rings. The normalized spacial score (nSPS) is 42.7. The van der Waals surface area contributed by atoms with Crippen LogP contribution in [-0.4, -0.2) is 123 Å². The van der Waals surface area contributed by atoms with Crippen LogP contribution in [0, 0.1) is 0 Å². The van der Waals surface area contributed by atoms with Gasteiger partial charge in [-0.15, -0.1) is 0 Å². The molecule has 1 aromatic carbocycles. The SMILES string of the molecule is CC1OC(OC2CCC(OC3C(O)CC(c4ccc5c(c4)C(=O)C4=C(C5=O)C5(O)C(=O)CC(C)(OC6C=CC(=O)C(C)O6)CC5(O)C=C4)OC3C)OC2C)C=CC1=O. The molecule has 4 aliphatic heterocycles. The molecule has 1 saturated carbocycles. The number of carbonyl (C=O) groups excluding carboxylic acids is 5. The van der Waals surface area contributed by atoms with Crippen molar-refractivity contribution in [3.63, 3.8) is 0 Å². The van der Waals surface area contributed by atoms with E-state index in [1.165, 1.54) is 36.4 Å². The second kappa shape index (κ2) is 15.0. The fraction of sp³-hybridized carbons (Fsp3) is 0.558. The Balaban J connectivity index is 0.933. The van der Waals surface area contributed by atoms with E-state index >= 15 is 0 Å². The number of allylic oxidation sites excluding steroid dienone is 2. The highest BCUT2D eigenvalue weighted by Gasteiger charge is 2.67. The Kier molecular flexibility index (Phi) is 10.6. The Hall–Kier alpha value is -3.87. The summed E-state index contributed by atoms with van der Waals surface area (Å²) in [5, 5.41) is 35.3. The number of ether oxygens (including phenoxy) is 7. The standard InChI is InChI=1S/C43H48O15/c1-20-28(44)8-11-34(53-20)56-31-10-13-35(55-22(31)3)57-40-23(4)52-32(17-30(40)46)24-6-7-25-27(16-24)38(48)26-14-15-42(50)19-41(5,58-36-12-9-29(45)21(2)54-36)18-33(47)43(42,51)37(26)39(25)49/h6-9,11-12,14-16,20-23,30-32,34-36,40,46,50-51H,10,13,17-19H2,1-5H3. The Morgan fingerprint density at radius 2 is 1.47 bits per heavy atom. The van der Waals surface area contributed by atoms with E-state index in [2.05, 4.69) is 0 Å². The molecule has 3 aliphatic carbocycles. The topological polar surface area (TPSA) is 211 Å². The van der Waals surface area contributed by atoms with Crippen LogP contribution in [0.4, 0.5) is 0 Å². The molecule has 2 saturated heterocycles. The first-order valence-corrected chi connectivity index (χ1v) is 19.8. The molecule has 0 aromatic heterocycles. The summed E-state index contributed by atoms with van der Waals surface area (Å²) >= 11 is 0. The number of rotatable bonds is 7. The molecule has 7 aliphatic rings. The lowest BCUT2D eigenvalue weighted by Crippen LogP contribution is -2.69. The van der Waals surface area contributed by atoms with Gasteiger partial charge < -0.3 is 48.5 Å². The molecule has 3 fully saturated rings. The summed E-state index contributed by atoms with van der Waals surface area (Å²) in [6.07, 6.45) is 1.28. The van der Waals surface area contributed by atoms with E-state index in [0.29, 0.717) is 18.4 Å². The second-order valence-corrected chi connectivity index (χ2v) is 16.6. The van der Waals surface area contributed by atoms with Crippen LogP contribution in [0.25, 0.3) is 0 Å². The fourth-order valence-electron chi connectivity index (χ4n) is 9.19. The van der Waals surface area contributed by atoms with Gasteiger partial charge in [-0.2, -0.15) is 0 Å². The minimum Gasteiger partial charge on any atom is -0.390 e. The van der Waals surface area contributed by atoms with Gasteiger partial charge in [0, 0.05) is 42.4 Å². The lowest BCUT2D eigenvalue weighted by Gasteiger charge is -2.53. The van der Waals surface area contributed by atoms with Crippen molar-refractivity contribution < 1.29 is 72.5 Å². The Bertz CT molecular complexity index is 2040. The molecule has 4 heterocycles. The average Bonchev–Trinajstić information content (AvgIpc) is 3.16. The molecule has 310 valence electrons. The van der Waals surface area contributed by atoms with Gasteiger partial charge in [0.2, 0.25) is 0 Å². The Morgan fingerprint density at radius 3 is 2.14 bits per heavy atom. The highest BCUT2D eigenvalue weighted by Crippen LogP contribution is 2.52. The third-order valence-electron chi connectivity index (χ3n) is 12.3. The van der Waals surface area contributed by atoms with Crippen molar-refractivity contribution in [2.75, 3.05) is 0 Å². The van der Waals surface area contributed by atoms with Crippen molar-refractivity contribution in [1.82, 2.24) is 0 Å². The predicted molar refractivity (Wildman–Crippen MR) is 199 cm³/mol. The monoisotopic (exact) mass is 804 g/mol. The first-order chi connectivity index (χ1) is 27.4. The van der Waals surface area contributed by atoms with Crippen LogP contribution in [0.2, 0.25) is 0 Å². The number of Topliss-reactive ketones (excluding diaryl/α,β-unsaturated/α-hetero) is 3. The first kappa shape index (κ1) is 40.9. The quantitative estimate of drug-likeness (QED) is 0.362. The molecular weight excluding hydrogens is 756 g/mol. The van der Waals surface area contributed by atoms with Gasteiger partial charge in [-0.05, 0) is 89.1 Å². The summed E-state index contributed by atoms with van der Waals surface area (Å²) < 4.78 is 42.0. The Labute approximate surface area is 334 Å². The van der Waals surface area contributed by atoms with Gasteiger partial charge in [-0.3, -0.25) is 24.0 Å². The molecule has 15 nitrogen and oxygen atoms in total. The zero-order chi connectivity index (χ0) is 41.5. The van der Waals surface area contributed by atoms with Crippen LogP contribution in [0.15, 0.2) is 65.8 Å². The molecule has 3 N–H and O–H groups in total. The third-order valence-corrected chi connectivity index (χ3v) is 12.3. The molecule has 58 heavy (non-hydrogen) atoms. The van der Waals surface area contributed by atoms with Crippen molar-refractivity contribution in [1.29, 1.82) is 0 Å². The number of ketones is 5. The van der Waals surface area contributed by atoms with Crippen molar-refractivity contribution in [2.45, 2.75) is 151 Å². The van der Waals surface area contributed by atoms with Crippen LogP contribution >= 0.6 is 0 Å². The smallest absolute Gasteiger partial charge is 0.194 e. The molecule has 14 atom stereocenters. The van der Waals surface area contributed by atoms with Crippen LogP contribution in [0.1, 0.15) is 99.1 Å². The zero-order valence-electron chi connectivity index (χ0n) is 32.8. The highest BCUT2D eigenvalue weighted by molar-refractivity contribution is 6.31. The van der Waals surface area contributed by atoms with Crippen molar-refractivity contribution in [2.24, 2.45) is 0 Å². The summed E-state index contributed by atoms with van der Waals surface area (Å²) in [6.45, 7) is 8.42. The van der Waals surface area contributed by atoms with Gasteiger partial charge in [0.15, 0.2) is 53.4 Å². The second-order valence-electron chi connectivity index (χ2n) is 16.6. The third kappa shape index (κ3) is 7.04. The van der Waals surface area contributed by atoms with Gasteiger partial charge in [0.1, 0.15) is 23.9 Å². The van der Waals surface area contributed by atoms with Crippen molar-refractivity contribution in [3.05, 3.63) is 82.5 Å². The molecule has 0 radical (unpaired) electrons. The number of fused-ring (bicyclic) bond motifs is 3. The van der Waals surface area contributed by atoms with Gasteiger partial charge >= 0.3 is 0 Å². The molecule has 14 unspecified atom stereocenters. The lowest BCUT2D eigenvalue weighted by atomic mass is 9.57. The number of hydrogen-bond donors (Lipinski definition) is 3. The first-order valence-electron chi connectivity index (χ1n) is 19.8. The van der Waals surface area contributed by atoms with Crippen LogP contribution in [0.3, 0.4) is 0 Å². The molecule has 8 rings (SSSR count). The van der Waals surface area contributed by atoms with Gasteiger partial charge in [-0.1, -0.05) is 12.1 Å². The van der Waals surface area contributed by atoms with E-state index in [1.807, 2.05) is 6.92 Å². The van der Waals surface area contributed by atoms with Crippen molar-refractivity contribution >= 4 is 28.9 Å². The number of aliphatic hydroxyl groups is 3. The van der Waals surface area contributed by atoms with Crippen LogP contribution in [0.5, 0.6) is 0 Å². The molecule has 15 heteroatoms. The zero-order valence-corrected chi connectivity index (χ0v) is 32.8. The van der Waals surface area contributed by atoms with Gasteiger partial charge in [-0.25, -0.2) is 0 Å². The minimum atomic E-state index is -2.74. The summed E-state index contributed by atoms with van der Waals surface area (Å²) in [5.74, 6) is -2.69. The maximum atomic E-state index is 14.2. The predicted octanol–water partition coefficient (Wildman–Crippen LogP) is 2.78. The van der Waals surface area contributed by atoms with Gasteiger partial charge in [0.05, 0.1) is 41.7 Å². The molecule has 0 spiro atoms. The molecular formula is C43H48O15. The summed E-state index contributed by atoms with van der Waals surface area (Å²) in [7, 11) is 0. The number of carbonyl (C=O) groups is 5.